The molecule has 148 valence electrons. The largest absolute Gasteiger partial charge is 0.494 e. The third-order valence-electron chi connectivity index (χ3n) is 5.71. The Morgan fingerprint density at radius 2 is 1.78 bits per heavy atom. The highest BCUT2D eigenvalue weighted by Crippen LogP contribution is 2.24. The van der Waals surface area contributed by atoms with E-state index in [1.807, 2.05) is 35.2 Å². The summed E-state index contributed by atoms with van der Waals surface area (Å²) in [5.74, 6) is 2.05. The van der Waals surface area contributed by atoms with Gasteiger partial charge in [0.2, 0.25) is 11.8 Å². The van der Waals surface area contributed by atoms with Gasteiger partial charge in [0.25, 0.3) is 0 Å². The lowest BCUT2D eigenvalue weighted by Crippen LogP contribution is -2.47. The quantitative estimate of drug-likeness (QED) is 0.720. The van der Waals surface area contributed by atoms with Gasteiger partial charge >= 0.3 is 0 Å². The number of nitrogens with zero attached hydrogens (tertiary/aromatic N) is 2. The smallest absolute Gasteiger partial charge is 0.225 e. The van der Waals surface area contributed by atoms with Gasteiger partial charge in [0.15, 0.2) is 0 Å². The van der Waals surface area contributed by atoms with Crippen molar-refractivity contribution in [3.8, 4) is 5.75 Å². The fourth-order valence-corrected chi connectivity index (χ4v) is 4.11. The van der Waals surface area contributed by atoms with Crippen LogP contribution in [0.15, 0.2) is 30.3 Å². The van der Waals surface area contributed by atoms with E-state index in [4.69, 9.17) is 4.74 Å². The number of benzene rings is 1. The van der Waals surface area contributed by atoms with Gasteiger partial charge in [-0.05, 0) is 50.2 Å². The molecule has 2 heterocycles. The molecule has 0 N–H and O–H groups in total. The summed E-state index contributed by atoms with van der Waals surface area (Å²) in [5, 5.41) is 0. The molecule has 0 radical (unpaired) electrons. The first-order valence-corrected chi connectivity index (χ1v) is 10.4. The molecule has 2 aliphatic rings. The summed E-state index contributed by atoms with van der Waals surface area (Å²) in [7, 11) is 0. The fourth-order valence-electron chi connectivity index (χ4n) is 4.11. The van der Waals surface area contributed by atoms with Crippen molar-refractivity contribution in [1.82, 2.24) is 9.80 Å². The van der Waals surface area contributed by atoms with Crippen LogP contribution in [0.3, 0.4) is 0 Å². The van der Waals surface area contributed by atoms with E-state index in [1.54, 1.807) is 0 Å². The van der Waals surface area contributed by atoms with E-state index >= 15 is 0 Å². The van der Waals surface area contributed by atoms with Crippen LogP contribution < -0.4 is 4.74 Å². The number of carbonyl (C=O) groups is 2. The van der Waals surface area contributed by atoms with E-state index in [-0.39, 0.29) is 11.8 Å². The molecule has 2 fully saturated rings. The summed E-state index contributed by atoms with van der Waals surface area (Å²) in [6.07, 6.45) is 5.18. The van der Waals surface area contributed by atoms with E-state index in [0.29, 0.717) is 37.9 Å². The number of likely N-dealkylation sites (tertiary alicyclic amines) is 2. The number of hydrogen-bond donors (Lipinski definition) is 0. The van der Waals surface area contributed by atoms with Gasteiger partial charge in [-0.2, -0.15) is 0 Å². The van der Waals surface area contributed by atoms with Gasteiger partial charge in [0.1, 0.15) is 5.75 Å². The molecule has 0 saturated carbocycles. The van der Waals surface area contributed by atoms with Crippen LogP contribution in [0.4, 0.5) is 0 Å². The van der Waals surface area contributed by atoms with Crippen LogP contribution in [-0.4, -0.2) is 54.4 Å². The Hall–Kier alpha value is -2.04. The van der Waals surface area contributed by atoms with Crippen LogP contribution >= 0.6 is 0 Å². The van der Waals surface area contributed by atoms with Crippen molar-refractivity contribution in [2.75, 3.05) is 32.8 Å². The number of carbonyl (C=O) groups excluding carboxylic acids is 2. The van der Waals surface area contributed by atoms with Gasteiger partial charge in [-0.25, -0.2) is 0 Å². The first kappa shape index (κ1) is 19.7. The summed E-state index contributed by atoms with van der Waals surface area (Å²) in [6, 6.07) is 9.68. The van der Waals surface area contributed by atoms with E-state index in [9.17, 15) is 9.59 Å². The average Bonchev–Trinajstić information content (AvgIpc) is 2.71. The van der Waals surface area contributed by atoms with Crippen LogP contribution in [0.1, 0.15) is 45.4 Å². The Balaban J connectivity index is 1.34. The van der Waals surface area contributed by atoms with Gasteiger partial charge < -0.3 is 14.5 Å². The Labute approximate surface area is 162 Å². The number of piperidine rings is 2. The summed E-state index contributed by atoms with van der Waals surface area (Å²) in [5.41, 5.74) is 0. The monoisotopic (exact) mass is 372 g/mol. The molecule has 27 heavy (non-hydrogen) atoms. The van der Waals surface area contributed by atoms with Crippen LogP contribution in [0.2, 0.25) is 0 Å². The summed E-state index contributed by atoms with van der Waals surface area (Å²) < 4.78 is 5.65. The normalized spacial score (nSPS) is 21.1. The van der Waals surface area contributed by atoms with Crippen molar-refractivity contribution in [2.45, 2.75) is 45.4 Å². The second kappa shape index (κ2) is 9.77. The molecule has 0 bridgehead atoms. The number of para-hydroxylation sites is 1. The first-order chi connectivity index (χ1) is 13.1. The highest BCUT2D eigenvalue weighted by molar-refractivity contribution is 5.80. The fraction of sp³-hybridized carbons (Fsp3) is 0.636. The third kappa shape index (κ3) is 5.72. The molecule has 0 aliphatic carbocycles. The second-order valence-electron chi connectivity index (χ2n) is 7.95. The predicted molar refractivity (Wildman–Crippen MR) is 105 cm³/mol. The van der Waals surface area contributed by atoms with Crippen LogP contribution in [0.5, 0.6) is 5.75 Å². The van der Waals surface area contributed by atoms with Crippen LogP contribution in [0, 0.1) is 11.8 Å². The van der Waals surface area contributed by atoms with Gasteiger partial charge in [0.05, 0.1) is 6.61 Å². The Bertz CT molecular complexity index is 611. The number of ether oxygens (including phenoxy) is 1. The molecular weight excluding hydrogens is 340 g/mol. The van der Waals surface area contributed by atoms with Crippen molar-refractivity contribution in [3.63, 3.8) is 0 Å². The second-order valence-corrected chi connectivity index (χ2v) is 7.95. The zero-order chi connectivity index (χ0) is 19.1. The molecule has 1 aromatic carbocycles. The molecule has 0 spiro atoms. The zero-order valence-electron chi connectivity index (χ0n) is 16.4. The summed E-state index contributed by atoms with van der Waals surface area (Å²) >= 11 is 0. The molecule has 2 amide bonds. The van der Waals surface area contributed by atoms with Crippen molar-refractivity contribution < 1.29 is 14.3 Å². The maximum absolute atomic E-state index is 12.7. The van der Waals surface area contributed by atoms with Crippen molar-refractivity contribution in [3.05, 3.63) is 30.3 Å². The Morgan fingerprint density at radius 3 is 2.48 bits per heavy atom. The lowest BCUT2D eigenvalue weighted by molar-refractivity contribution is -0.142. The van der Waals surface area contributed by atoms with Gasteiger partial charge in [0, 0.05) is 38.5 Å². The first-order valence-electron chi connectivity index (χ1n) is 10.4. The van der Waals surface area contributed by atoms with Gasteiger partial charge in [-0.3, -0.25) is 9.59 Å². The molecule has 5 nitrogen and oxygen atoms in total. The third-order valence-corrected chi connectivity index (χ3v) is 5.71. The minimum atomic E-state index is 0.0979. The minimum absolute atomic E-state index is 0.0979. The van der Waals surface area contributed by atoms with E-state index in [1.165, 1.54) is 6.42 Å². The van der Waals surface area contributed by atoms with Crippen LogP contribution in [0.25, 0.3) is 0 Å². The maximum atomic E-state index is 12.7. The molecule has 5 heteroatoms. The highest BCUT2D eigenvalue weighted by Gasteiger charge is 2.31. The van der Waals surface area contributed by atoms with E-state index < -0.39 is 0 Å². The highest BCUT2D eigenvalue weighted by atomic mass is 16.5. The topological polar surface area (TPSA) is 49.9 Å². The summed E-state index contributed by atoms with van der Waals surface area (Å²) in [4.78, 5) is 29.1. The number of rotatable bonds is 6. The molecule has 0 aromatic heterocycles. The van der Waals surface area contributed by atoms with Gasteiger partial charge in [-0.15, -0.1) is 0 Å². The van der Waals surface area contributed by atoms with E-state index in [2.05, 4.69) is 11.8 Å². The molecule has 3 rings (SSSR count). The SMILES string of the molecule is CC1CCCN(C(=O)C2CCN(C(=O)CCCOc3ccccc3)CC2)C1. The lowest BCUT2D eigenvalue weighted by Gasteiger charge is -2.37. The summed E-state index contributed by atoms with van der Waals surface area (Å²) in [6.45, 7) is 6.00. The molecular formula is C22H32N2O3. The zero-order valence-corrected chi connectivity index (χ0v) is 16.4. The molecule has 1 unspecified atom stereocenters. The average molecular weight is 373 g/mol. The molecule has 2 aliphatic heterocycles. The Kier molecular flexibility index (Phi) is 7.13. The lowest BCUT2D eigenvalue weighted by atomic mass is 9.92. The standard InChI is InChI=1S/C22H32N2O3/c1-18-7-5-13-24(17-18)22(26)19-11-14-23(15-12-19)21(25)10-6-16-27-20-8-3-2-4-9-20/h2-4,8-9,18-19H,5-7,10-17H2,1H3. The van der Waals surface area contributed by atoms with Crippen molar-refractivity contribution in [2.24, 2.45) is 11.8 Å². The minimum Gasteiger partial charge on any atom is -0.494 e. The van der Waals surface area contributed by atoms with Crippen molar-refractivity contribution in [1.29, 1.82) is 0 Å². The van der Waals surface area contributed by atoms with Crippen molar-refractivity contribution >= 4 is 11.8 Å². The maximum Gasteiger partial charge on any atom is 0.225 e. The van der Waals surface area contributed by atoms with E-state index in [0.717, 1.165) is 44.5 Å². The van der Waals surface area contributed by atoms with Crippen LogP contribution in [-0.2, 0) is 9.59 Å². The number of hydrogen-bond acceptors (Lipinski definition) is 3. The molecule has 1 atom stereocenters. The predicted octanol–water partition coefficient (Wildman–Crippen LogP) is 3.34. The van der Waals surface area contributed by atoms with Gasteiger partial charge in [-0.1, -0.05) is 25.1 Å². The number of amides is 2. The Morgan fingerprint density at radius 1 is 1.04 bits per heavy atom. The molecule has 1 aromatic rings. The molecule has 2 saturated heterocycles.